The molecule has 36 heavy (non-hydrogen) atoms. The van der Waals surface area contributed by atoms with Crippen LogP contribution in [0.1, 0.15) is 25.3 Å². The van der Waals surface area contributed by atoms with Crippen molar-refractivity contribution in [2.75, 3.05) is 10.6 Å². The van der Waals surface area contributed by atoms with E-state index in [1.54, 1.807) is 80.6 Å². The fourth-order valence-corrected chi connectivity index (χ4v) is 5.13. The highest BCUT2D eigenvalue weighted by Gasteiger charge is 2.37. The molecule has 0 fully saturated rings. The normalized spacial score (nSPS) is 13.9. The Kier molecular flexibility index (Phi) is 8.00. The van der Waals surface area contributed by atoms with Crippen LogP contribution in [0.25, 0.3) is 0 Å². The van der Waals surface area contributed by atoms with Gasteiger partial charge < -0.3 is 16.0 Å². The second kappa shape index (κ2) is 11.0. The zero-order valence-electron chi connectivity index (χ0n) is 19.3. The van der Waals surface area contributed by atoms with Crippen molar-refractivity contribution in [3.63, 3.8) is 0 Å². The molecule has 1 heterocycles. The Bertz CT molecular complexity index is 1350. The molecule has 3 N–H and O–H groups in total. The fourth-order valence-electron chi connectivity index (χ4n) is 4.17. The van der Waals surface area contributed by atoms with Gasteiger partial charge in [-0.05, 0) is 55.8 Å². The van der Waals surface area contributed by atoms with Crippen LogP contribution >= 0.6 is 47.4 Å². The molecule has 1 aliphatic rings. The maximum atomic E-state index is 13.7. The van der Waals surface area contributed by atoms with Crippen LogP contribution in [0.15, 0.2) is 94.2 Å². The van der Waals surface area contributed by atoms with Gasteiger partial charge >= 0.3 is 0 Å². The van der Waals surface area contributed by atoms with Crippen molar-refractivity contribution in [1.82, 2.24) is 5.32 Å². The number of halogens is 3. The Labute approximate surface area is 229 Å². The average molecular weight is 559 g/mol. The average Bonchev–Trinajstić information content (AvgIpc) is 2.81. The molecule has 0 aromatic heterocycles. The van der Waals surface area contributed by atoms with E-state index in [4.69, 9.17) is 34.8 Å². The summed E-state index contributed by atoms with van der Waals surface area (Å²) in [4.78, 5) is 27.9. The van der Waals surface area contributed by atoms with Gasteiger partial charge in [-0.1, -0.05) is 65.1 Å². The number of anilines is 2. The standard InChI is InChI=1S/C27H22Cl3N3O2S/c1-14-23(26(34)32-20-9-5-3-7-18(20)29)25(17-12-11-16(28)13-22(17)36)24(15(2)31-14)27(35)33-21-10-6-4-8-19(21)30/h3-13,25,31,36H,1-2H3,(H,32,34)(H,33,35). The van der Waals surface area contributed by atoms with Crippen LogP contribution in [0.4, 0.5) is 11.4 Å². The second-order valence-electron chi connectivity index (χ2n) is 8.21. The first-order chi connectivity index (χ1) is 17.2. The van der Waals surface area contributed by atoms with E-state index < -0.39 is 17.7 Å². The molecule has 5 nitrogen and oxygen atoms in total. The molecular formula is C27H22Cl3N3O2S. The number of amides is 2. The van der Waals surface area contributed by atoms with Crippen LogP contribution in [0, 0.1) is 0 Å². The first kappa shape index (κ1) is 26.2. The fraction of sp³-hybridized carbons (Fsp3) is 0.111. The van der Waals surface area contributed by atoms with E-state index in [1.165, 1.54) is 0 Å². The van der Waals surface area contributed by atoms with Gasteiger partial charge in [0.15, 0.2) is 0 Å². The molecule has 0 bridgehead atoms. The molecule has 0 aliphatic carbocycles. The molecular weight excluding hydrogens is 537 g/mol. The van der Waals surface area contributed by atoms with Crippen molar-refractivity contribution in [3.8, 4) is 0 Å². The first-order valence-electron chi connectivity index (χ1n) is 11.0. The lowest BCUT2D eigenvalue weighted by molar-refractivity contribution is -0.113. The summed E-state index contributed by atoms with van der Waals surface area (Å²) in [7, 11) is 0. The second-order valence-corrected chi connectivity index (χ2v) is 9.94. The highest BCUT2D eigenvalue weighted by Crippen LogP contribution is 2.42. The predicted octanol–water partition coefficient (Wildman–Crippen LogP) is 7.45. The van der Waals surface area contributed by atoms with E-state index in [0.29, 0.717) is 59.4 Å². The Balaban J connectivity index is 1.82. The van der Waals surface area contributed by atoms with Gasteiger partial charge in [-0.25, -0.2) is 0 Å². The molecule has 184 valence electrons. The van der Waals surface area contributed by atoms with Gasteiger partial charge in [0.1, 0.15) is 0 Å². The minimum Gasteiger partial charge on any atom is -0.362 e. The monoisotopic (exact) mass is 557 g/mol. The lowest BCUT2D eigenvalue weighted by atomic mass is 9.79. The molecule has 1 aliphatic heterocycles. The highest BCUT2D eigenvalue weighted by atomic mass is 35.5. The van der Waals surface area contributed by atoms with Crippen LogP contribution in [-0.2, 0) is 9.59 Å². The van der Waals surface area contributed by atoms with Crippen LogP contribution in [0.3, 0.4) is 0 Å². The number of benzene rings is 3. The van der Waals surface area contributed by atoms with Crippen molar-refractivity contribution in [1.29, 1.82) is 0 Å². The number of carbonyl (C=O) groups is 2. The maximum Gasteiger partial charge on any atom is 0.254 e. The Morgan fingerprint density at radius 1 is 0.778 bits per heavy atom. The third-order valence-electron chi connectivity index (χ3n) is 5.80. The molecule has 0 radical (unpaired) electrons. The number of allylic oxidation sites excluding steroid dienone is 2. The molecule has 0 saturated carbocycles. The van der Waals surface area contributed by atoms with Crippen LogP contribution in [-0.4, -0.2) is 11.8 Å². The van der Waals surface area contributed by atoms with E-state index in [1.807, 2.05) is 0 Å². The smallest absolute Gasteiger partial charge is 0.254 e. The van der Waals surface area contributed by atoms with E-state index in [0.717, 1.165) is 0 Å². The Morgan fingerprint density at radius 3 is 1.69 bits per heavy atom. The molecule has 2 amide bonds. The van der Waals surface area contributed by atoms with E-state index in [2.05, 4.69) is 28.6 Å². The molecule has 0 atom stereocenters. The van der Waals surface area contributed by atoms with E-state index in [-0.39, 0.29) is 0 Å². The number of hydrogen-bond donors (Lipinski definition) is 4. The molecule has 0 saturated heterocycles. The van der Waals surface area contributed by atoms with Gasteiger partial charge in [-0.15, -0.1) is 12.6 Å². The van der Waals surface area contributed by atoms with Gasteiger partial charge in [-0.2, -0.15) is 0 Å². The van der Waals surface area contributed by atoms with Crippen molar-refractivity contribution >= 4 is 70.6 Å². The highest BCUT2D eigenvalue weighted by molar-refractivity contribution is 7.80. The summed E-state index contributed by atoms with van der Waals surface area (Å²) in [5.41, 5.74) is 3.46. The number of dihydropyridines is 1. The summed E-state index contributed by atoms with van der Waals surface area (Å²) in [6.45, 7) is 3.57. The van der Waals surface area contributed by atoms with Crippen LogP contribution in [0.5, 0.6) is 0 Å². The predicted molar refractivity (Wildman–Crippen MR) is 150 cm³/mol. The van der Waals surface area contributed by atoms with Crippen molar-refractivity contribution in [2.24, 2.45) is 0 Å². The summed E-state index contributed by atoms with van der Waals surface area (Å²) in [6.07, 6.45) is 0. The van der Waals surface area contributed by atoms with Crippen molar-refractivity contribution in [2.45, 2.75) is 24.7 Å². The number of hydrogen-bond acceptors (Lipinski definition) is 4. The third-order valence-corrected chi connectivity index (χ3v) is 7.08. The minimum absolute atomic E-state index is 0.349. The number of nitrogens with one attached hydrogen (secondary N) is 3. The quantitative estimate of drug-likeness (QED) is 0.246. The topological polar surface area (TPSA) is 70.2 Å². The third kappa shape index (κ3) is 5.42. The largest absolute Gasteiger partial charge is 0.362 e. The van der Waals surface area contributed by atoms with Gasteiger partial charge in [0.05, 0.1) is 21.4 Å². The van der Waals surface area contributed by atoms with Crippen molar-refractivity contribution in [3.05, 3.63) is 110 Å². The SMILES string of the molecule is CC1=C(C(=O)Nc2ccccc2Cl)C(c2ccc(Cl)cc2S)C(C(=O)Nc2ccccc2Cl)=C(C)N1. The molecule has 3 aromatic carbocycles. The molecule has 0 unspecified atom stereocenters. The van der Waals surface area contributed by atoms with Crippen LogP contribution in [0.2, 0.25) is 15.1 Å². The molecule has 3 aromatic rings. The number of para-hydroxylation sites is 2. The number of rotatable bonds is 5. The Morgan fingerprint density at radius 2 is 1.25 bits per heavy atom. The first-order valence-corrected chi connectivity index (χ1v) is 12.5. The van der Waals surface area contributed by atoms with Crippen LogP contribution < -0.4 is 16.0 Å². The van der Waals surface area contributed by atoms with E-state index >= 15 is 0 Å². The Hall–Kier alpha value is -2.90. The van der Waals surface area contributed by atoms with Gasteiger partial charge in [0.25, 0.3) is 11.8 Å². The summed E-state index contributed by atoms with van der Waals surface area (Å²) in [6, 6.07) is 19.0. The van der Waals surface area contributed by atoms with Gasteiger partial charge in [-0.3, -0.25) is 9.59 Å². The van der Waals surface area contributed by atoms with Gasteiger partial charge in [0.2, 0.25) is 0 Å². The van der Waals surface area contributed by atoms with E-state index in [9.17, 15) is 9.59 Å². The summed E-state index contributed by atoms with van der Waals surface area (Å²) < 4.78 is 0. The maximum absolute atomic E-state index is 13.7. The lowest BCUT2D eigenvalue weighted by Crippen LogP contribution is -2.35. The molecule has 9 heteroatoms. The lowest BCUT2D eigenvalue weighted by Gasteiger charge is -2.32. The zero-order valence-corrected chi connectivity index (χ0v) is 22.5. The molecule has 4 rings (SSSR count). The van der Waals surface area contributed by atoms with Gasteiger partial charge in [0, 0.05) is 38.4 Å². The zero-order chi connectivity index (χ0) is 26.0. The number of thiol groups is 1. The summed E-state index contributed by atoms with van der Waals surface area (Å²) in [5.74, 6) is -1.56. The number of carbonyl (C=O) groups excluding carboxylic acids is 2. The molecule has 0 spiro atoms. The summed E-state index contributed by atoms with van der Waals surface area (Å²) >= 11 is 23.4. The minimum atomic E-state index is -0.749. The van der Waals surface area contributed by atoms with Crippen molar-refractivity contribution < 1.29 is 9.59 Å². The summed E-state index contributed by atoms with van der Waals surface area (Å²) in [5, 5.41) is 10.2.